The van der Waals surface area contributed by atoms with Gasteiger partial charge in [0, 0.05) is 0 Å². The summed E-state index contributed by atoms with van der Waals surface area (Å²) >= 11 is 0. The first-order valence-corrected chi connectivity index (χ1v) is 5.75. The number of hydrogen-bond acceptors (Lipinski definition) is 2. The SMILES string of the molecule is CCCC(C)C(=O)OCC1=CC=CCC1. The molecule has 15 heavy (non-hydrogen) atoms. The molecule has 0 heterocycles. The molecule has 1 rings (SSSR count). The molecular formula is C13H20O2. The summed E-state index contributed by atoms with van der Waals surface area (Å²) in [6.07, 6.45) is 10.2. The highest BCUT2D eigenvalue weighted by Crippen LogP contribution is 2.13. The van der Waals surface area contributed by atoms with E-state index in [0.29, 0.717) is 6.61 Å². The van der Waals surface area contributed by atoms with Crippen molar-refractivity contribution >= 4 is 5.97 Å². The van der Waals surface area contributed by atoms with Crippen molar-refractivity contribution in [2.45, 2.75) is 39.5 Å². The van der Waals surface area contributed by atoms with E-state index in [2.05, 4.69) is 13.0 Å². The molecule has 0 saturated carbocycles. The summed E-state index contributed by atoms with van der Waals surface area (Å²) in [5.74, 6) is -0.0259. The second kappa shape index (κ2) is 6.44. The van der Waals surface area contributed by atoms with Gasteiger partial charge in [0.2, 0.25) is 0 Å². The Balaban J connectivity index is 2.27. The van der Waals surface area contributed by atoms with Gasteiger partial charge in [0.25, 0.3) is 0 Å². The molecule has 0 saturated heterocycles. The second-order valence-electron chi connectivity index (χ2n) is 4.09. The first-order valence-electron chi connectivity index (χ1n) is 5.75. The van der Waals surface area contributed by atoms with Gasteiger partial charge in [-0.05, 0) is 24.8 Å². The lowest BCUT2D eigenvalue weighted by atomic mass is 10.1. The smallest absolute Gasteiger partial charge is 0.308 e. The number of esters is 1. The zero-order valence-electron chi connectivity index (χ0n) is 9.66. The number of ether oxygens (including phenoxy) is 1. The molecule has 0 radical (unpaired) electrons. The third-order valence-corrected chi connectivity index (χ3v) is 2.62. The van der Waals surface area contributed by atoms with Crippen LogP contribution in [0.2, 0.25) is 0 Å². The van der Waals surface area contributed by atoms with Gasteiger partial charge in [0.15, 0.2) is 0 Å². The van der Waals surface area contributed by atoms with E-state index in [0.717, 1.165) is 25.7 Å². The van der Waals surface area contributed by atoms with Crippen LogP contribution in [0.25, 0.3) is 0 Å². The average Bonchev–Trinajstić information content (AvgIpc) is 2.27. The van der Waals surface area contributed by atoms with Crippen molar-refractivity contribution in [3.63, 3.8) is 0 Å². The number of carbonyl (C=O) groups excluding carboxylic acids is 1. The summed E-state index contributed by atoms with van der Waals surface area (Å²) in [5, 5.41) is 0. The van der Waals surface area contributed by atoms with Crippen LogP contribution in [-0.4, -0.2) is 12.6 Å². The molecule has 2 nitrogen and oxygen atoms in total. The summed E-state index contributed by atoms with van der Waals surface area (Å²) in [6.45, 7) is 4.48. The molecule has 0 N–H and O–H groups in total. The molecule has 1 aliphatic rings. The molecule has 1 atom stereocenters. The summed E-state index contributed by atoms with van der Waals surface area (Å²) < 4.78 is 5.25. The standard InChI is InChI=1S/C13H20O2/c1-3-7-11(2)13(14)15-10-12-8-5-4-6-9-12/h4-5,8,11H,3,6-7,9-10H2,1-2H3. The van der Waals surface area contributed by atoms with Crippen molar-refractivity contribution in [1.29, 1.82) is 0 Å². The van der Waals surface area contributed by atoms with Gasteiger partial charge in [-0.3, -0.25) is 4.79 Å². The monoisotopic (exact) mass is 208 g/mol. The van der Waals surface area contributed by atoms with Gasteiger partial charge in [0.1, 0.15) is 6.61 Å². The van der Waals surface area contributed by atoms with Crippen LogP contribution in [0.4, 0.5) is 0 Å². The van der Waals surface area contributed by atoms with Crippen molar-refractivity contribution in [3.05, 3.63) is 23.8 Å². The minimum Gasteiger partial charge on any atom is -0.461 e. The maximum Gasteiger partial charge on any atom is 0.308 e. The Labute approximate surface area is 92.0 Å². The molecule has 0 aromatic carbocycles. The lowest BCUT2D eigenvalue weighted by molar-refractivity contribution is -0.147. The van der Waals surface area contributed by atoms with E-state index in [1.54, 1.807) is 0 Å². The van der Waals surface area contributed by atoms with Gasteiger partial charge < -0.3 is 4.74 Å². The third-order valence-electron chi connectivity index (χ3n) is 2.62. The molecule has 2 heteroatoms. The van der Waals surface area contributed by atoms with E-state index in [9.17, 15) is 4.79 Å². The van der Waals surface area contributed by atoms with Crippen molar-refractivity contribution in [3.8, 4) is 0 Å². The highest BCUT2D eigenvalue weighted by Gasteiger charge is 2.13. The summed E-state index contributed by atoms with van der Waals surface area (Å²) in [7, 11) is 0. The van der Waals surface area contributed by atoms with E-state index in [1.165, 1.54) is 5.57 Å². The highest BCUT2D eigenvalue weighted by atomic mass is 16.5. The van der Waals surface area contributed by atoms with Crippen molar-refractivity contribution in [2.24, 2.45) is 5.92 Å². The largest absolute Gasteiger partial charge is 0.461 e. The Morgan fingerprint density at radius 1 is 1.60 bits per heavy atom. The van der Waals surface area contributed by atoms with Crippen molar-refractivity contribution in [2.75, 3.05) is 6.61 Å². The van der Waals surface area contributed by atoms with Gasteiger partial charge in [-0.2, -0.15) is 0 Å². The Kier molecular flexibility index (Phi) is 5.16. The van der Waals surface area contributed by atoms with Crippen LogP contribution in [0, 0.1) is 5.92 Å². The van der Waals surface area contributed by atoms with Crippen LogP contribution in [0.1, 0.15) is 39.5 Å². The van der Waals surface area contributed by atoms with Crippen molar-refractivity contribution < 1.29 is 9.53 Å². The maximum absolute atomic E-state index is 11.5. The molecule has 0 bridgehead atoms. The highest BCUT2D eigenvalue weighted by molar-refractivity contribution is 5.72. The number of carbonyl (C=O) groups is 1. The minimum atomic E-state index is -0.0627. The molecule has 0 amide bonds. The average molecular weight is 208 g/mol. The predicted molar refractivity (Wildman–Crippen MR) is 61.5 cm³/mol. The minimum absolute atomic E-state index is 0.0368. The maximum atomic E-state index is 11.5. The number of allylic oxidation sites excluding steroid dienone is 3. The number of rotatable bonds is 5. The number of hydrogen-bond donors (Lipinski definition) is 0. The zero-order chi connectivity index (χ0) is 11.1. The third kappa shape index (κ3) is 4.32. The van der Waals surface area contributed by atoms with Gasteiger partial charge >= 0.3 is 5.97 Å². The Morgan fingerprint density at radius 3 is 3.00 bits per heavy atom. The van der Waals surface area contributed by atoms with Crippen LogP contribution in [0.3, 0.4) is 0 Å². The molecule has 1 aliphatic carbocycles. The zero-order valence-corrected chi connectivity index (χ0v) is 9.66. The summed E-state index contributed by atoms with van der Waals surface area (Å²) in [5.41, 5.74) is 1.22. The van der Waals surface area contributed by atoms with Crippen LogP contribution < -0.4 is 0 Å². The lowest BCUT2D eigenvalue weighted by Crippen LogP contribution is -2.16. The fraction of sp³-hybridized carbons (Fsp3) is 0.615. The first kappa shape index (κ1) is 12.0. The predicted octanol–water partition coefficient (Wildman–Crippen LogP) is 3.24. The molecule has 1 unspecified atom stereocenters. The van der Waals surface area contributed by atoms with Crippen LogP contribution in [-0.2, 0) is 9.53 Å². The summed E-state index contributed by atoms with van der Waals surface area (Å²) in [4.78, 5) is 11.5. The Bertz CT molecular complexity index is 264. The summed E-state index contributed by atoms with van der Waals surface area (Å²) in [6, 6.07) is 0. The van der Waals surface area contributed by atoms with Crippen LogP contribution >= 0.6 is 0 Å². The first-order chi connectivity index (χ1) is 7.24. The fourth-order valence-electron chi connectivity index (χ4n) is 1.63. The van der Waals surface area contributed by atoms with Gasteiger partial charge in [-0.1, -0.05) is 38.5 Å². The second-order valence-corrected chi connectivity index (χ2v) is 4.09. The van der Waals surface area contributed by atoms with E-state index < -0.39 is 0 Å². The molecule has 0 aromatic heterocycles. The fourth-order valence-corrected chi connectivity index (χ4v) is 1.63. The lowest BCUT2D eigenvalue weighted by Gasteiger charge is -2.13. The Morgan fingerprint density at radius 2 is 2.40 bits per heavy atom. The van der Waals surface area contributed by atoms with Gasteiger partial charge in [-0.25, -0.2) is 0 Å². The Hall–Kier alpha value is -1.05. The van der Waals surface area contributed by atoms with Crippen molar-refractivity contribution in [1.82, 2.24) is 0 Å². The molecular weight excluding hydrogens is 188 g/mol. The van der Waals surface area contributed by atoms with Crippen LogP contribution in [0.15, 0.2) is 23.8 Å². The van der Waals surface area contributed by atoms with E-state index in [1.807, 2.05) is 19.1 Å². The molecule has 0 fully saturated rings. The molecule has 84 valence electrons. The van der Waals surface area contributed by atoms with E-state index in [-0.39, 0.29) is 11.9 Å². The van der Waals surface area contributed by atoms with E-state index >= 15 is 0 Å². The van der Waals surface area contributed by atoms with Gasteiger partial charge in [-0.15, -0.1) is 0 Å². The normalized spacial score (nSPS) is 17.1. The van der Waals surface area contributed by atoms with Gasteiger partial charge in [0.05, 0.1) is 5.92 Å². The topological polar surface area (TPSA) is 26.3 Å². The molecule has 0 aliphatic heterocycles. The van der Waals surface area contributed by atoms with E-state index in [4.69, 9.17) is 4.74 Å². The molecule has 0 spiro atoms. The quantitative estimate of drug-likeness (QED) is 0.648. The molecule has 0 aromatic rings. The van der Waals surface area contributed by atoms with Crippen LogP contribution in [0.5, 0.6) is 0 Å².